The highest BCUT2D eigenvalue weighted by atomic mass is 16.4. The standard InChI is InChI=1S/C14H11NO3/c1-2-3-6-11-7-4-5-8-12(11)13(16)15-9-10-18-14(15)17/h2-10H,1H2/b6-3+. The van der Waals surface area contributed by atoms with Gasteiger partial charge in [-0.15, -0.1) is 0 Å². The van der Waals surface area contributed by atoms with E-state index in [0.29, 0.717) is 5.56 Å². The van der Waals surface area contributed by atoms with Crippen LogP contribution in [0.5, 0.6) is 0 Å². The fourth-order valence-corrected chi connectivity index (χ4v) is 1.56. The van der Waals surface area contributed by atoms with Gasteiger partial charge in [0.05, 0.1) is 6.20 Å². The Morgan fingerprint density at radius 1 is 1.33 bits per heavy atom. The van der Waals surface area contributed by atoms with E-state index < -0.39 is 11.7 Å². The third-order valence-corrected chi connectivity index (χ3v) is 2.40. The van der Waals surface area contributed by atoms with Gasteiger partial charge in [0.2, 0.25) is 0 Å². The molecular weight excluding hydrogens is 230 g/mol. The quantitative estimate of drug-likeness (QED) is 0.775. The number of allylic oxidation sites excluding steroid dienone is 2. The number of oxazole rings is 1. The second kappa shape index (κ2) is 5.14. The number of aromatic nitrogens is 1. The summed E-state index contributed by atoms with van der Waals surface area (Å²) in [5, 5.41) is 0. The van der Waals surface area contributed by atoms with Gasteiger partial charge in [-0.2, -0.15) is 0 Å². The maximum atomic E-state index is 12.2. The van der Waals surface area contributed by atoms with Gasteiger partial charge >= 0.3 is 5.76 Å². The molecule has 1 heterocycles. The van der Waals surface area contributed by atoms with Crippen molar-refractivity contribution >= 4 is 12.0 Å². The summed E-state index contributed by atoms with van der Waals surface area (Å²) < 4.78 is 5.51. The molecule has 1 aromatic carbocycles. The molecule has 2 rings (SSSR count). The van der Waals surface area contributed by atoms with Gasteiger partial charge in [-0.25, -0.2) is 9.36 Å². The van der Waals surface area contributed by atoms with Crippen LogP contribution in [0, 0.1) is 0 Å². The SMILES string of the molecule is C=C/C=C/c1ccccc1C(=O)n1ccoc1=O. The molecule has 1 aromatic heterocycles. The summed E-state index contributed by atoms with van der Waals surface area (Å²) in [5.74, 6) is -1.11. The summed E-state index contributed by atoms with van der Waals surface area (Å²) in [6.45, 7) is 3.57. The predicted molar refractivity (Wildman–Crippen MR) is 68.4 cm³/mol. The van der Waals surface area contributed by atoms with Crippen LogP contribution in [-0.2, 0) is 0 Å². The highest BCUT2D eigenvalue weighted by Crippen LogP contribution is 2.12. The molecule has 0 aliphatic rings. The van der Waals surface area contributed by atoms with Gasteiger partial charge < -0.3 is 4.42 Å². The van der Waals surface area contributed by atoms with Crippen molar-refractivity contribution < 1.29 is 9.21 Å². The molecule has 18 heavy (non-hydrogen) atoms. The van der Waals surface area contributed by atoms with E-state index in [1.54, 1.807) is 36.4 Å². The number of carbonyl (C=O) groups excluding carboxylic acids is 1. The summed E-state index contributed by atoms with van der Waals surface area (Å²) in [6.07, 6.45) is 7.59. The van der Waals surface area contributed by atoms with E-state index in [4.69, 9.17) is 0 Å². The zero-order chi connectivity index (χ0) is 13.0. The zero-order valence-electron chi connectivity index (χ0n) is 9.58. The van der Waals surface area contributed by atoms with Gasteiger partial charge in [-0.1, -0.05) is 43.0 Å². The minimum atomic E-state index is -0.692. The molecule has 2 aromatic rings. The second-order valence-corrected chi connectivity index (χ2v) is 3.53. The average molecular weight is 241 g/mol. The van der Waals surface area contributed by atoms with Gasteiger partial charge in [0.25, 0.3) is 5.91 Å². The van der Waals surface area contributed by atoms with Crippen molar-refractivity contribution in [3.63, 3.8) is 0 Å². The number of nitrogens with zero attached hydrogens (tertiary/aromatic N) is 1. The van der Waals surface area contributed by atoms with Gasteiger partial charge in [0, 0.05) is 5.56 Å². The maximum Gasteiger partial charge on any atom is 0.426 e. The van der Waals surface area contributed by atoms with Crippen molar-refractivity contribution in [2.24, 2.45) is 0 Å². The third kappa shape index (κ3) is 2.22. The van der Waals surface area contributed by atoms with Gasteiger partial charge in [-0.05, 0) is 11.6 Å². The topological polar surface area (TPSA) is 52.2 Å². The van der Waals surface area contributed by atoms with Crippen molar-refractivity contribution in [1.29, 1.82) is 0 Å². The normalized spacial score (nSPS) is 10.7. The molecule has 0 amide bonds. The van der Waals surface area contributed by atoms with Crippen LogP contribution < -0.4 is 5.76 Å². The smallest absolute Gasteiger partial charge is 0.416 e. The Labute approximate surface area is 103 Å². The van der Waals surface area contributed by atoms with Crippen LogP contribution in [0.4, 0.5) is 0 Å². The summed E-state index contributed by atoms with van der Waals surface area (Å²) in [5.41, 5.74) is 1.15. The molecule has 0 atom stereocenters. The summed E-state index contributed by atoms with van der Waals surface area (Å²) in [4.78, 5) is 23.5. The number of rotatable bonds is 3. The van der Waals surface area contributed by atoms with E-state index in [1.807, 2.05) is 6.07 Å². The van der Waals surface area contributed by atoms with Gasteiger partial charge in [0.1, 0.15) is 6.26 Å². The van der Waals surface area contributed by atoms with Crippen LogP contribution >= 0.6 is 0 Å². The Morgan fingerprint density at radius 2 is 2.11 bits per heavy atom. The van der Waals surface area contributed by atoms with Gasteiger partial charge in [-0.3, -0.25) is 4.79 Å². The Balaban J connectivity index is 2.48. The Morgan fingerprint density at radius 3 is 2.78 bits per heavy atom. The van der Waals surface area contributed by atoms with Crippen molar-refractivity contribution in [2.45, 2.75) is 0 Å². The van der Waals surface area contributed by atoms with Gasteiger partial charge in [0.15, 0.2) is 0 Å². The minimum Gasteiger partial charge on any atom is -0.416 e. The maximum absolute atomic E-state index is 12.2. The van der Waals surface area contributed by atoms with E-state index in [9.17, 15) is 9.59 Å². The van der Waals surface area contributed by atoms with Crippen molar-refractivity contribution in [1.82, 2.24) is 4.57 Å². The first-order valence-electron chi connectivity index (χ1n) is 5.33. The summed E-state index contributed by atoms with van der Waals surface area (Å²) in [6, 6.07) is 7.00. The molecule has 0 unspecified atom stereocenters. The fraction of sp³-hybridized carbons (Fsp3) is 0. The molecule has 0 saturated heterocycles. The average Bonchev–Trinajstić information content (AvgIpc) is 2.82. The summed E-state index contributed by atoms with van der Waals surface area (Å²) in [7, 11) is 0. The Hall–Kier alpha value is -2.62. The van der Waals surface area contributed by atoms with Crippen LogP contribution in [0.2, 0.25) is 0 Å². The lowest BCUT2D eigenvalue weighted by Gasteiger charge is -2.03. The first-order chi connectivity index (χ1) is 8.74. The molecule has 0 bridgehead atoms. The van der Waals surface area contributed by atoms with E-state index in [2.05, 4.69) is 11.0 Å². The minimum absolute atomic E-state index is 0.418. The van der Waals surface area contributed by atoms with Crippen molar-refractivity contribution in [3.05, 3.63) is 77.1 Å². The fourth-order valence-electron chi connectivity index (χ4n) is 1.56. The predicted octanol–water partition coefficient (Wildman–Crippen LogP) is 2.33. The van der Waals surface area contributed by atoms with Crippen LogP contribution in [0.25, 0.3) is 6.08 Å². The second-order valence-electron chi connectivity index (χ2n) is 3.53. The molecule has 0 N–H and O–H groups in total. The molecule has 0 spiro atoms. The van der Waals surface area contributed by atoms with E-state index in [1.165, 1.54) is 12.5 Å². The number of hydrogen-bond donors (Lipinski definition) is 0. The molecule has 4 heteroatoms. The molecule has 90 valence electrons. The Kier molecular flexibility index (Phi) is 3.38. The highest BCUT2D eigenvalue weighted by Gasteiger charge is 2.14. The van der Waals surface area contributed by atoms with E-state index in [-0.39, 0.29) is 0 Å². The Bertz CT molecular complexity index is 661. The molecule has 0 fully saturated rings. The number of benzene rings is 1. The first-order valence-corrected chi connectivity index (χ1v) is 5.33. The van der Waals surface area contributed by atoms with E-state index in [0.717, 1.165) is 10.1 Å². The molecule has 0 saturated carbocycles. The number of hydrogen-bond acceptors (Lipinski definition) is 3. The van der Waals surface area contributed by atoms with Crippen LogP contribution in [-0.4, -0.2) is 10.5 Å². The van der Waals surface area contributed by atoms with Crippen molar-refractivity contribution in [2.75, 3.05) is 0 Å². The molecule has 4 nitrogen and oxygen atoms in total. The highest BCUT2D eigenvalue weighted by molar-refractivity contribution is 5.99. The molecule has 0 radical (unpaired) electrons. The monoisotopic (exact) mass is 241 g/mol. The van der Waals surface area contributed by atoms with E-state index >= 15 is 0 Å². The number of carbonyl (C=O) groups is 1. The first kappa shape index (κ1) is 11.9. The molecule has 0 aliphatic heterocycles. The summed E-state index contributed by atoms with van der Waals surface area (Å²) >= 11 is 0. The van der Waals surface area contributed by atoms with Crippen LogP contribution in [0.15, 0.2) is 64.7 Å². The van der Waals surface area contributed by atoms with Crippen molar-refractivity contribution in [3.8, 4) is 0 Å². The molecule has 0 aliphatic carbocycles. The lowest BCUT2D eigenvalue weighted by Crippen LogP contribution is -2.23. The largest absolute Gasteiger partial charge is 0.426 e. The lowest BCUT2D eigenvalue weighted by atomic mass is 10.1. The van der Waals surface area contributed by atoms with Crippen LogP contribution in [0.1, 0.15) is 15.9 Å². The lowest BCUT2D eigenvalue weighted by molar-refractivity contribution is 0.0952. The van der Waals surface area contributed by atoms with Crippen LogP contribution in [0.3, 0.4) is 0 Å². The third-order valence-electron chi connectivity index (χ3n) is 2.40. The zero-order valence-corrected chi connectivity index (χ0v) is 9.58. The molecular formula is C14H11NO3.